The highest BCUT2D eigenvalue weighted by Crippen LogP contribution is 2.22. The van der Waals surface area contributed by atoms with E-state index >= 15 is 0 Å². The summed E-state index contributed by atoms with van der Waals surface area (Å²) in [5, 5.41) is 3.73. The summed E-state index contributed by atoms with van der Waals surface area (Å²) in [6.45, 7) is 10.8. The van der Waals surface area contributed by atoms with Gasteiger partial charge in [0, 0.05) is 31.7 Å². The number of nitrogens with one attached hydrogen (secondary N) is 1. The standard InChI is InChI=1S/C16H30N2/c1-4-13(2)16-12-18(14(3)10-17-16)11-15-8-6-5-7-9-15/h5-6,13-17H,4,7-12H2,1-3H3. The maximum absolute atomic E-state index is 3.73. The van der Waals surface area contributed by atoms with Gasteiger partial charge < -0.3 is 5.32 Å². The summed E-state index contributed by atoms with van der Waals surface area (Å²) in [6.07, 6.45) is 9.99. The number of piperazine rings is 1. The van der Waals surface area contributed by atoms with Crippen molar-refractivity contribution < 1.29 is 0 Å². The van der Waals surface area contributed by atoms with Crippen LogP contribution < -0.4 is 5.32 Å². The van der Waals surface area contributed by atoms with Crippen LogP contribution in [0, 0.1) is 11.8 Å². The van der Waals surface area contributed by atoms with E-state index in [0.29, 0.717) is 12.1 Å². The predicted octanol–water partition coefficient (Wildman–Crippen LogP) is 3.05. The third-order valence-electron chi connectivity index (χ3n) is 4.93. The lowest BCUT2D eigenvalue weighted by atomic mass is 9.91. The maximum atomic E-state index is 3.73. The first-order valence-corrected chi connectivity index (χ1v) is 7.83. The number of hydrogen-bond donors (Lipinski definition) is 1. The first-order chi connectivity index (χ1) is 8.70. The topological polar surface area (TPSA) is 15.3 Å². The normalized spacial score (nSPS) is 35.6. The van der Waals surface area contributed by atoms with Crippen LogP contribution in [0.4, 0.5) is 0 Å². The molecule has 0 radical (unpaired) electrons. The lowest BCUT2D eigenvalue weighted by Gasteiger charge is -2.42. The highest BCUT2D eigenvalue weighted by atomic mass is 15.2. The van der Waals surface area contributed by atoms with Gasteiger partial charge in [0.2, 0.25) is 0 Å². The van der Waals surface area contributed by atoms with E-state index in [0.717, 1.165) is 18.4 Å². The highest BCUT2D eigenvalue weighted by molar-refractivity contribution is 4.93. The lowest BCUT2D eigenvalue weighted by molar-refractivity contribution is 0.0987. The Morgan fingerprint density at radius 3 is 2.89 bits per heavy atom. The Kier molecular flexibility index (Phi) is 5.25. The van der Waals surface area contributed by atoms with Crippen LogP contribution in [0.25, 0.3) is 0 Å². The second-order valence-electron chi connectivity index (χ2n) is 6.35. The molecular weight excluding hydrogens is 220 g/mol. The summed E-state index contributed by atoms with van der Waals surface area (Å²) in [6, 6.07) is 1.40. The lowest BCUT2D eigenvalue weighted by Crippen LogP contribution is -2.58. The summed E-state index contributed by atoms with van der Waals surface area (Å²) in [5.74, 6) is 1.69. The molecule has 2 aliphatic rings. The highest BCUT2D eigenvalue weighted by Gasteiger charge is 2.28. The zero-order chi connectivity index (χ0) is 13.0. The van der Waals surface area contributed by atoms with Crippen LogP contribution in [0.5, 0.6) is 0 Å². The van der Waals surface area contributed by atoms with Crippen LogP contribution in [0.1, 0.15) is 46.5 Å². The molecule has 2 rings (SSSR count). The van der Waals surface area contributed by atoms with Gasteiger partial charge in [-0.3, -0.25) is 4.90 Å². The van der Waals surface area contributed by atoms with E-state index in [1.807, 2.05) is 0 Å². The van der Waals surface area contributed by atoms with E-state index in [-0.39, 0.29) is 0 Å². The third-order valence-corrected chi connectivity index (χ3v) is 4.93. The molecule has 0 amide bonds. The number of hydrogen-bond acceptors (Lipinski definition) is 2. The van der Waals surface area contributed by atoms with Crippen molar-refractivity contribution >= 4 is 0 Å². The fourth-order valence-electron chi connectivity index (χ4n) is 3.22. The van der Waals surface area contributed by atoms with Gasteiger partial charge in [0.05, 0.1) is 0 Å². The Bertz CT molecular complexity index is 274. The minimum atomic E-state index is 0.699. The van der Waals surface area contributed by atoms with E-state index in [1.165, 1.54) is 38.8 Å². The van der Waals surface area contributed by atoms with Gasteiger partial charge in [-0.25, -0.2) is 0 Å². The van der Waals surface area contributed by atoms with Gasteiger partial charge in [-0.05, 0) is 38.0 Å². The van der Waals surface area contributed by atoms with Crippen LogP contribution in [-0.2, 0) is 0 Å². The summed E-state index contributed by atoms with van der Waals surface area (Å²) in [5.41, 5.74) is 0. The summed E-state index contributed by atoms with van der Waals surface area (Å²) in [4.78, 5) is 2.73. The molecule has 1 aliphatic heterocycles. The third kappa shape index (κ3) is 3.58. The van der Waals surface area contributed by atoms with E-state index < -0.39 is 0 Å². The molecule has 1 heterocycles. The number of rotatable bonds is 4. The molecule has 1 saturated heterocycles. The van der Waals surface area contributed by atoms with E-state index in [9.17, 15) is 0 Å². The Balaban J connectivity index is 1.86. The second-order valence-corrected chi connectivity index (χ2v) is 6.35. The SMILES string of the molecule is CCC(C)C1CN(CC2CC=CCC2)C(C)CN1. The number of nitrogens with zero attached hydrogens (tertiary/aromatic N) is 1. The van der Waals surface area contributed by atoms with Gasteiger partial charge in [-0.15, -0.1) is 0 Å². The minimum Gasteiger partial charge on any atom is -0.311 e. The fraction of sp³-hybridized carbons (Fsp3) is 0.875. The number of allylic oxidation sites excluding steroid dienone is 2. The molecule has 1 N–H and O–H groups in total. The zero-order valence-electron chi connectivity index (χ0n) is 12.4. The van der Waals surface area contributed by atoms with Gasteiger partial charge in [0.15, 0.2) is 0 Å². The predicted molar refractivity (Wildman–Crippen MR) is 78.8 cm³/mol. The molecule has 18 heavy (non-hydrogen) atoms. The van der Waals surface area contributed by atoms with E-state index in [1.54, 1.807) is 0 Å². The molecule has 1 aliphatic carbocycles. The van der Waals surface area contributed by atoms with Crippen LogP contribution in [-0.4, -0.2) is 36.6 Å². The van der Waals surface area contributed by atoms with Crippen molar-refractivity contribution in [2.75, 3.05) is 19.6 Å². The monoisotopic (exact) mass is 250 g/mol. The van der Waals surface area contributed by atoms with Crippen LogP contribution in [0.2, 0.25) is 0 Å². The first-order valence-electron chi connectivity index (χ1n) is 7.83. The van der Waals surface area contributed by atoms with Crippen molar-refractivity contribution in [2.24, 2.45) is 11.8 Å². The maximum Gasteiger partial charge on any atom is 0.0221 e. The van der Waals surface area contributed by atoms with Gasteiger partial charge in [-0.2, -0.15) is 0 Å². The largest absolute Gasteiger partial charge is 0.311 e. The van der Waals surface area contributed by atoms with Gasteiger partial charge in [-0.1, -0.05) is 32.4 Å². The Hall–Kier alpha value is -0.340. The van der Waals surface area contributed by atoms with E-state index in [2.05, 4.69) is 43.1 Å². The molecule has 4 atom stereocenters. The Morgan fingerprint density at radius 1 is 1.39 bits per heavy atom. The molecule has 0 aromatic carbocycles. The van der Waals surface area contributed by atoms with Crippen LogP contribution in [0.15, 0.2) is 12.2 Å². The quantitative estimate of drug-likeness (QED) is 0.772. The van der Waals surface area contributed by atoms with E-state index in [4.69, 9.17) is 0 Å². The smallest absolute Gasteiger partial charge is 0.0221 e. The van der Waals surface area contributed by atoms with Crippen molar-refractivity contribution in [1.29, 1.82) is 0 Å². The summed E-state index contributed by atoms with van der Waals surface area (Å²) < 4.78 is 0. The Morgan fingerprint density at radius 2 is 2.22 bits per heavy atom. The van der Waals surface area contributed by atoms with Crippen LogP contribution >= 0.6 is 0 Å². The molecule has 2 heteroatoms. The molecule has 104 valence electrons. The average Bonchev–Trinajstić information content (AvgIpc) is 2.41. The van der Waals surface area contributed by atoms with Gasteiger partial charge >= 0.3 is 0 Å². The van der Waals surface area contributed by atoms with Crippen LogP contribution in [0.3, 0.4) is 0 Å². The molecule has 0 aromatic heterocycles. The molecule has 0 saturated carbocycles. The van der Waals surface area contributed by atoms with Crippen molar-refractivity contribution in [3.63, 3.8) is 0 Å². The van der Waals surface area contributed by atoms with Crippen molar-refractivity contribution in [3.05, 3.63) is 12.2 Å². The van der Waals surface area contributed by atoms with Crippen molar-refractivity contribution in [2.45, 2.75) is 58.5 Å². The molecule has 1 fully saturated rings. The Labute approximate surface area is 113 Å². The first kappa shape index (κ1) is 14.1. The fourth-order valence-corrected chi connectivity index (χ4v) is 3.22. The summed E-state index contributed by atoms with van der Waals surface area (Å²) in [7, 11) is 0. The zero-order valence-corrected chi connectivity index (χ0v) is 12.4. The summed E-state index contributed by atoms with van der Waals surface area (Å²) >= 11 is 0. The minimum absolute atomic E-state index is 0.699. The molecular formula is C16H30N2. The molecule has 4 unspecified atom stereocenters. The molecule has 2 nitrogen and oxygen atoms in total. The average molecular weight is 250 g/mol. The van der Waals surface area contributed by atoms with Gasteiger partial charge in [0.25, 0.3) is 0 Å². The molecule has 0 spiro atoms. The second kappa shape index (κ2) is 6.72. The molecule has 0 aromatic rings. The van der Waals surface area contributed by atoms with Gasteiger partial charge in [0.1, 0.15) is 0 Å². The van der Waals surface area contributed by atoms with Crippen molar-refractivity contribution in [1.82, 2.24) is 10.2 Å². The van der Waals surface area contributed by atoms with Crippen molar-refractivity contribution in [3.8, 4) is 0 Å². The molecule has 0 bridgehead atoms.